The molecule has 0 bridgehead atoms. The Morgan fingerprint density at radius 3 is 2.76 bits per heavy atom. The third-order valence-corrected chi connectivity index (χ3v) is 4.09. The molecular weight excluding hydrogens is 316 g/mol. The van der Waals surface area contributed by atoms with Gasteiger partial charge in [-0.15, -0.1) is 0 Å². The van der Waals surface area contributed by atoms with Gasteiger partial charge in [-0.1, -0.05) is 30.3 Å². The van der Waals surface area contributed by atoms with Crippen LogP contribution in [0.2, 0.25) is 0 Å². The maximum absolute atomic E-state index is 12.5. The van der Waals surface area contributed by atoms with Gasteiger partial charge >= 0.3 is 6.03 Å². The quantitative estimate of drug-likeness (QED) is 0.740. The fourth-order valence-corrected chi connectivity index (χ4v) is 2.77. The number of benzene rings is 1. The molecule has 2 amide bonds. The number of carbonyl (C=O) groups is 1. The van der Waals surface area contributed by atoms with E-state index in [1.165, 1.54) is 0 Å². The minimum absolute atomic E-state index is 0.181. The molecule has 0 fully saturated rings. The molecule has 0 unspecified atom stereocenters. The number of fused-ring (bicyclic) bond motifs is 1. The average Bonchev–Trinajstić information content (AvgIpc) is 2.61. The normalized spacial score (nSPS) is 14.8. The first-order valence-electron chi connectivity index (χ1n) is 8.50. The lowest BCUT2D eigenvalue weighted by molar-refractivity contribution is 0.187. The Bertz CT molecular complexity index is 734. The van der Waals surface area contributed by atoms with Crippen LogP contribution in [0.1, 0.15) is 36.8 Å². The summed E-state index contributed by atoms with van der Waals surface area (Å²) in [4.78, 5) is 23.1. The minimum Gasteiger partial charge on any atom is -0.352 e. The van der Waals surface area contributed by atoms with Gasteiger partial charge in [-0.3, -0.25) is 0 Å². The van der Waals surface area contributed by atoms with E-state index in [9.17, 15) is 4.79 Å². The van der Waals surface area contributed by atoms with Crippen LogP contribution >= 0.6 is 0 Å². The van der Waals surface area contributed by atoms with Gasteiger partial charge in [-0.25, -0.2) is 14.8 Å². The molecule has 0 radical (unpaired) electrons. The van der Waals surface area contributed by atoms with Crippen molar-refractivity contribution < 1.29 is 4.79 Å². The fourth-order valence-electron chi connectivity index (χ4n) is 2.77. The van der Waals surface area contributed by atoms with Gasteiger partial charge in [0.2, 0.25) is 5.95 Å². The summed E-state index contributed by atoms with van der Waals surface area (Å²) in [6, 6.07) is 9.59. The van der Waals surface area contributed by atoms with Crippen molar-refractivity contribution in [1.29, 1.82) is 0 Å². The number of hydrogen-bond donors (Lipinski definition) is 3. The van der Waals surface area contributed by atoms with Gasteiger partial charge in [0.05, 0.1) is 12.2 Å². The molecule has 0 saturated carbocycles. The van der Waals surface area contributed by atoms with Gasteiger partial charge in [0.25, 0.3) is 0 Å². The van der Waals surface area contributed by atoms with Gasteiger partial charge in [0.1, 0.15) is 6.17 Å². The van der Waals surface area contributed by atoms with E-state index >= 15 is 0 Å². The van der Waals surface area contributed by atoms with Crippen LogP contribution in [0.5, 0.6) is 0 Å². The van der Waals surface area contributed by atoms with E-state index in [2.05, 4.69) is 20.6 Å². The molecule has 0 spiro atoms. The molecule has 3 rings (SSSR count). The van der Waals surface area contributed by atoms with Gasteiger partial charge in [0.15, 0.2) is 0 Å². The summed E-state index contributed by atoms with van der Waals surface area (Å²) >= 11 is 0. The van der Waals surface area contributed by atoms with Crippen molar-refractivity contribution in [2.24, 2.45) is 5.73 Å². The zero-order valence-corrected chi connectivity index (χ0v) is 14.6. The molecule has 7 heteroatoms. The van der Waals surface area contributed by atoms with Crippen LogP contribution in [0.3, 0.4) is 0 Å². The molecule has 4 N–H and O–H groups in total. The monoisotopic (exact) mass is 340 g/mol. The molecule has 2 heterocycles. The number of nitrogens with zero attached hydrogens (tertiary/aromatic N) is 3. The molecule has 7 nitrogen and oxygen atoms in total. The van der Waals surface area contributed by atoms with Crippen molar-refractivity contribution in [1.82, 2.24) is 20.2 Å². The maximum Gasteiger partial charge on any atom is 0.319 e. The number of urea groups is 1. The molecule has 2 aromatic rings. The lowest BCUT2D eigenvalue weighted by Crippen LogP contribution is -2.46. The van der Waals surface area contributed by atoms with Crippen LogP contribution in [0.4, 0.5) is 10.7 Å². The van der Waals surface area contributed by atoms with Gasteiger partial charge in [-0.2, -0.15) is 0 Å². The molecule has 0 saturated heterocycles. The Labute approximate surface area is 147 Å². The first kappa shape index (κ1) is 17.2. The van der Waals surface area contributed by atoms with E-state index in [1.54, 1.807) is 4.90 Å². The zero-order chi connectivity index (χ0) is 17.8. The molecule has 1 aromatic heterocycles. The predicted molar refractivity (Wildman–Crippen MR) is 96.8 cm³/mol. The highest BCUT2D eigenvalue weighted by atomic mass is 16.2. The lowest BCUT2D eigenvalue weighted by atomic mass is 10.1. The molecule has 1 atom stereocenters. The zero-order valence-electron chi connectivity index (χ0n) is 14.6. The smallest absolute Gasteiger partial charge is 0.319 e. The largest absolute Gasteiger partial charge is 0.352 e. The number of amides is 2. The summed E-state index contributed by atoms with van der Waals surface area (Å²) in [6.07, 6.45) is 2.06. The Hall–Kier alpha value is -2.67. The molecule has 1 aliphatic heterocycles. The number of anilines is 1. The summed E-state index contributed by atoms with van der Waals surface area (Å²) in [5.74, 6) is 0.594. The summed E-state index contributed by atoms with van der Waals surface area (Å²) in [5.41, 5.74) is 8.93. The van der Waals surface area contributed by atoms with Crippen LogP contribution in [-0.2, 0) is 13.0 Å². The SMILES string of the molecule is CC(C)Nc1ncc2c(n1)CN(C(=O)N[C@H](N)c1ccccc1)CC2. The first-order chi connectivity index (χ1) is 12.0. The third kappa shape index (κ3) is 4.24. The van der Waals surface area contributed by atoms with E-state index in [1.807, 2.05) is 50.4 Å². The standard InChI is InChI=1S/C18H24N6O/c1-12(2)21-17-20-10-14-8-9-24(11-15(14)22-17)18(25)23-16(19)13-6-4-3-5-7-13/h3-7,10,12,16H,8-9,11,19H2,1-2H3,(H,23,25)(H,20,21,22)/t16-/m0/s1. The second-order valence-corrected chi connectivity index (χ2v) is 6.47. The minimum atomic E-state index is -0.529. The Kier molecular flexibility index (Phi) is 5.14. The van der Waals surface area contributed by atoms with Crippen LogP contribution < -0.4 is 16.4 Å². The van der Waals surface area contributed by atoms with Gasteiger partial charge in [-0.05, 0) is 31.4 Å². The topological polar surface area (TPSA) is 96.2 Å². The Morgan fingerprint density at radius 1 is 1.28 bits per heavy atom. The predicted octanol–water partition coefficient (Wildman–Crippen LogP) is 2.02. The number of nitrogens with one attached hydrogen (secondary N) is 2. The van der Waals surface area contributed by atoms with Crippen molar-refractivity contribution in [3.05, 3.63) is 53.3 Å². The van der Waals surface area contributed by atoms with E-state index in [-0.39, 0.29) is 12.1 Å². The van der Waals surface area contributed by atoms with Crippen LogP contribution in [-0.4, -0.2) is 33.5 Å². The summed E-state index contributed by atoms with van der Waals surface area (Å²) < 4.78 is 0. The highest BCUT2D eigenvalue weighted by Crippen LogP contribution is 2.18. The molecule has 1 aliphatic rings. The average molecular weight is 340 g/mol. The molecule has 25 heavy (non-hydrogen) atoms. The van der Waals surface area contributed by atoms with Gasteiger partial charge < -0.3 is 21.3 Å². The third-order valence-electron chi connectivity index (χ3n) is 4.09. The summed E-state index contributed by atoms with van der Waals surface area (Å²) in [5, 5.41) is 6.04. The van der Waals surface area contributed by atoms with Crippen molar-refractivity contribution in [2.75, 3.05) is 11.9 Å². The lowest BCUT2D eigenvalue weighted by Gasteiger charge is -2.29. The molecular formula is C18H24N6O. The Balaban J connectivity index is 1.66. The molecule has 132 valence electrons. The number of hydrogen-bond acceptors (Lipinski definition) is 5. The Morgan fingerprint density at radius 2 is 2.04 bits per heavy atom. The van der Waals surface area contributed by atoms with Crippen LogP contribution in [0.25, 0.3) is 0 Å². The van der Waals surface area contributed by atoms with Crippen LogP contribution in [0, 0.1) is 0 Å². The van der Waals surface area contributed by atoms with Gasteiger partial charge in [0, 0.05) is 18.8 Å². The van der Waals surface area contributed by atoms with E-state index in [0.29, 0.717) is 19.0 Å². The molecule has 1 aromatic carbocycles. The highest BCUT2D eigenvalue weighted by molar-refractivity contribution is 5.75. The maximum atomic E-state index is 12.5. The summed E-state index contributed by atoms with van der Waals surface area (Å²) in [7, 11) is 0. The van der Waals surface area contributed by atoms with Crippen molar-refractivity contribution in [2.45, 2.75) is 39.0 Å². The van der Waals surface area contributed by atoms with Crippen LogP contribution in [0.15, 0.2) is 36.5 Å². The van der Waals surface area contributed by atoms with Crippen molar-refractivity contribution in [3.8, 4) is 0 Å². The van der Waals surface area contributed by atoms with E-state index in [4.69, 9.17) is 5.73 Å². The highest BCUT2D eigenvalue weighted by Gasteiger charge is 2.23. The fraction of sp³-hybridized carbons (Fsp3) is 0.389. The van der Waals surface area contributed by atoms with Crippen molar-refractivity contribution >= 4 is 12.0 Å². The second-order valence-electron chi connectivity index (χ2n) is 6.47. The van der Waals surface area contributed by atoms with E-state index in [0.717, 1.165) is 23.2 Å². The number of carbonyl (C=O) groups excluding carboxylic acids is 1. The number of nitrogens with two attached hydrogens (primary N) is 1. The second kappa shape index (κ2) is 7.48. The van der Waals surface area contributed by atoms with E-state index < -0.39 is 6.17 Å². The number of aromatic nitrogens is 2. The number of rotatable bonds is 4. The first-order valence-corrected chi connectivity index (χ1v) is 8.50. The molecule has 0 aliphatic carbocycles. The summed E-state index contributed by atoms with van der Waals surface area (Å²) in [6.45, 7) is 5.15. The van der Waals surface area contributed by atoms with Crippen molar-refractivity contribution in [3.63, 3.8) is 0 Å².